The molecule has 0 saturated heterocycles. The van der Waals surface area contributed by atoms with Gasteiger partial charge in [-0.15, -0.1) is 0 Å². The van der Waals surface area contributed by atoms with Gasteiger partial charge in [-0.25, -0.2) is 8.78 Å². The quantitative estimate of drug-likeness (QED) is 0.734. The first-order valence-corrected chi connectivity index (χ1v) is 4.52. The molecule has 1 aromatic heterocycles. The van der Waals surface area contributed by atoms with E-state index in [1.54, 1.807) is 0 Å². The molecule has 1 aromatic carbocycles. The summed E-state index contributed by atoms with van der Waals surface area (Å²) in [6, 6.07) is 8.05. The lowest BCUT2D eigenvalue weighted by Crippen LogP contribution is -1.89. The van der Waals surface area contributed by atoms with Gasteiger partial charge in [-0.3, -0.25) is 4.98 Å². The Morgan fingerprint density at radius 1 is 1.12 bits per heavy atom. The number of hydrogen-bond acceptors (Lipinski definition) is 2. The zero-order valence-electron chi connectivity index (χ0n) is 8.11. The van der Waals surface area contributed by atoms with Crippen LogP contribution in [0, 0.1) is 23.0 Å². The summed E-state index contributed by atoms with van der Waals surface area (Å²) < 4.78 is 26.3. The first-order chi connectivity index (χ1) is 7.70. The van der Waals surface area contributed by atoms with Crippen LogP contribution in [-0.4, -0.2) is 4.98 Å². The van der Waals surface area contributed by atoms with Crippen LogP contribution in [0.4, 0.5) is 8.78 Å². The molecule has 2 nitrogen and oxygen atoms in total. The van der Waals surface area contributed by atoms with Gasteiger partial charge in [0.2, 0.25) is 0 Å². The smallest absolute Gasteiger partial charge is 0.132 e. The molecule has 78 valence electrons. The molecule has 0 radical (unpaired) electrons. The summed E-state index contributed by atoms with van der Waals surface area (Å²) in [6.45, 7) is 0. The Bertz CT molecular complexity index is 556. The van der Waals surface area contributed by atoms with Crippen LogP contribution in [-0.2, 0) is 0 Å². The topological polar surface area (TPSA) is 36.7 Å². The molecule has 0 unspecified atom stereocenters. The lowest BCUT2D eigenvalue weighted by molar-refractivity contribution is 0.602. The van der Waals surface area contributed by atoms with Crippen molar-refractivity contribution in [3.63, 3.8) is 0 Å². The van der Waals surface area contributed by atoms with Crippen LogP contribution in [0.3, 0.4) is 0 Å². The van der Waals surface area contributed by atoms with Crippen molar-refractivity contribution in [3.8, 4) is 17.3 Å². The fourth-order valence-corrected chi connectivity index (χ4v) is 1.31. The maximum Gasteiger partial charge on any atom is 0.132 e. The maximum atomic E-state index is 13.4. The van der Waals surface area contributed by atoms with Crippen LogP contribution in [0.1, 0.15) is 5.56 Å². The van der Waals surface area contributed by atoms with Crippen molar-refractivity contribution in [2.45, 2.75) is 0 Å². The van der Waals surface area contributed by atoms with Gasteiger partial charge in [0.1, 0.15) is 17.7 Å². The zero-order chi connectivity index (χ0) is 11.5. The van der Waals surface area contributed by atoms with Crippen LogP contribution < -0.4 is 0 Å². The van der Waals surface area contributed by atoms with Crippen LogP contribution in [0.15, 0.2) is 36.5 Å². The van der Waals surface area contributed by atoms with E-state index in [0.29, 0.717) is 11.3 Å². The minimum Gasteiger partial charge on any atom is -0.255 e. The van der Waals surface area contributed by atoms with E-state index in [0.717, 1.165) is 18.2 Å². The fourth-order valence-electron chi connectivity index (χ4n) is 1.31. The first-order valence-electron chi connectivity index (χ1n) is 4.52. The highest BCUT2D eigenvalue weighted by Gasteiger charge is 2.07. The summed E-state index contributed by atoms with van der Waals surface area (Å²) >= 11 is 0. The Hall–Kier alpha value is -2.28. The third kappa shape index (κ3) is 1.89. The first kappa shape index (κ1) is 10.2. The van der Waals surface area contributed by atoms with Gasteiger partial charge in [-0.05, 0) is 30.3 Å². The molecule has 0 saturated carbocycles. The molecule has 0 bridgehead atoms. The van der Waals surface area contributed by atoms with Crippen molar-refractivity contribution in [3.05, 3.63) is 53.7 Å². The second kappa shape index (κ2) is 4.07. The third-order valence-corrected chi connectivity index (χ3v) is 2.10. The Kier molecular flexibility index (Phi) is 2.61. The highest BCUT2D eigenvalue weighted by Crippen LogP contribution is 2.21. The Morgan fingerprint density at radius 3 is 2.56 bits per heavy atom. The van der Waals surface area contributed by atoms with Gasteiger partial charge in [0.25, 0.3) is 0 Å². The molecule has 2 rings (SSSR count). The molecule has 1 heterocycles. The summed E-state index contributed by atoms with van der Waals surface area (Å²) in [5.41, 5.74) is 0.765. The van der Waals surface area contributed by atoms with E-state index in [9.17, 15) is 8.78 Å². The van der Waals surface area contributed by atoms with Crippen LogP contribution >= 0.6 is 0 Å². The van der Waals surface area contributed by atoms with Crippen molar-refractivity contribution >= 4 is 0 Å². The third-order valence-electron chi connectivity index (χ3n) is 2.10. The highest BCUT2D eigenvalue weighted by atomic mass is 19.1. The van der Waals surface area contributed by atoms with E-state index < -0.39 is 11.6 Å². The summed E-state index contributed by atoms with van der Waals surface area (Å²) in [7, 11) is 0. The second-order valence-corrected chi connectivity index (χ2v) is 3.17. The molecule has 0 spiro atoms. The normalized spacial score (nSPS) is 9.81. The lowest BCUT2D eigenvalue weighted by Gasteiger charge is -2.02. The number of nitrogens with zero attached hydrogens (tertiary/aromatic N) is 2. The molecule has 0 aliphatic carbocycles. The summed E-state index contributed by atoms with van der Waals surface area (Å²) in [5, 5.41) is 8.57. The standard InChI is InChI=1S/C12H6F2N2/c13-9-2-3-11(14)10(5-9)12-4-1-8(6-15)7-16-12/h1-5,7H. The second-order valence-electron chi connectivity index (χ2n) is 3.17. The van der Waals surface area contributed by atoms with Crippen molar-refractivity contribution in [1.82, 2.24) is 4.98 Å². The van der Waals surface area contributed by atoms with Crippen molar-refractivity contribution in [1.29, 1.82) is 5.26 Å². The molecule has 0 N–H and O–H groups in total. The Balaban J connectivity index is 2.50. The summed E-state index contributed by atoms with van der Waals surface area (Å²) in [4.78, 5) is 3.89. The van der Waals surface area contributed by atoms with Crippen molar-refractivity contribution in [2.24, 2.45) is 0 Å². The van der Waals surface area contributed by atoms with Gasteiger partial charge in [-0.1, -0.05) is 0 Å². The van der Waals surface area contributed by atoms with Gasteiger partial charge < -0.3 is 0 Å². The van der Waals surface area contributed by atoms with E-state index in [-0.39, 0.29) is 5.56 Å². The maximum absolute atomic E-state index is 13.4. The lowest BCUT2D eigenvalue weighted by atomic mass is 10.1. The minimum atomic E-state index is -0.543. The van der Waals surface area contributed by atoms with E-state index in [2.05, 4.69) is 4.98 Å². The molecule has 0 aliphatic rings. The van der Waals surface area contributed by atoms with Gasteiger partial charge in [-0.2, -0.15) is 5.26 Å². The number of rotatable bonds is 1. The van der Waals surface area contributed by atoms with Crippen LogP contribution in [0.2, 0.25) is 0 Å². The van der Waals surface area contributed by atoms with Gasteiger partial charge >= 0.3 is 0 Å². The average molecular weight is 216 g/mol. The molecular formula is C12H6F2N2. The Labute approximate surface area is 90.8 Å². The average Bonchev–Trinajstić information content (AvgIpc) is 2.32. The van der Waals surface area contributed by atoms with E-state index >= 15 is 0 Å². The molecule has 0 amide bonds. The monoisotopic (exact) mass is 216 g/mol. The number of nitriles is 1. The van der Waals surface area contributed by atoms with Gasteiger partial charge in [0.05, 0.1) is 11.3 Å². The molecule has 0 atom stereocenters. The number of aromatic nitrogens is 1. The number of benzene rings is 1. The predicted octanol–water partition coefficient (Wildman–Crippen LogP) is 2.90. The molecular weight excluding hydrogens is 210 g/mol. The molecule has 0 aliphatic heterocycles. The van der Waals surface area contributed by atoms with E-state index in [4.69, 9.17) is 5.26 Å². The SMILES string of the molecule is N#Cc1ccc(-c2cc(F)ccc2F)nc1. The Morgan fingerprint density at radius 2 is 1.94 bits per heavy atom. The van der Waals surface area contributed by atoms with Crippen molar-refractivity contribution < 1.29 is 8.78 Å². The number of pyridine rings is 1. The number of hydrogen-bond donors (Lipinski definition) is 0. The molecule has 16 heavy (non-hydrogen) atoms. The molecule has 0 fully saturated rings. The van der Waals surface area contributed by atoms with Gasteiger partial charge in [0, 0.05) is 11.8 Å². The molecule has 4 heteroatoms. The van der Waals surface area contributed by atoms with Crippen LogP contribution in [0.25, 0.3) is 11.3 Å². The fraction of sp³-hybridized carbons (Fsp3) is 0. The zero-order valence-corrected chi connectivity index (χ0v) is 8.11. The van der Waals surface area contributed by atoms with Crippen LogP contribution in [0.5, 0.6) is 0 Å². The summed E-state index contributed by atoms with van der Waals surface area (Å²) in [6.07, 6.45) is 1.32. The van der Waals surface area contributed by atoms with Gasteiger partial charge in [0.15, 0.2) is 0 Å². The predicted molar refractivity (Wildman–Crippen MR) is 54.3 cm³/mol. The highest BCUT2D eigenvalue weighted by molar-refractivity contribution is 5.60. The summed E-state index contributed by atoms with van der Waals surface area (Å²) in [5.74, 6) is -1.07. The van der Waals surface area contributed by atoms with E-state index in [1.807, 2.05) is 6.07 Å². The van der Waals surface area contributed by atoms with E-state index in [1.165, 1.54) is 18.3 Å². The number of halogens is 2. The largest absolute Gasteiger partial charge is 0.255 e. The van der Waals surface area contributed by atoms with Crippen molar-refractivity contribution in [2.75, 3.05) is 0 Å². The minimum absolute atomic E-state index is 0.0875. The molecule has 2 aromatic rings.